The maximum atomic E-state index is 10.5. The molecule has 7 rings (SSSR count). The first kappa shape index (κ1) is 29.4. The first-order valence-electron chi connectivity index (χ1n) is 16.8. The van der Waals surface area contributed by atoms with E-state index in [9.17, 15) is 20.4 Å². The maximum absolute atomic E-state index is 10.5. The van der Waals surface area contributed by atoms with Crippen LogP contribution in [0.15, 0.2) is 0 Å². The predicted molar refractivity (Wildman–Crippen MR) is 150 cm³/mol. The summed E-state index contributed by atoms with van der Waals surface area (Å²) in [5, 5.41) is 40.4. The van der Waals surface area contributed by atoms with Crippen LogP contribution >= 0.6 is 0 Å². The van der Waals surface area contributed by atoms with E-state index in [4.69, 9.17) is 18.9 Å². The van der Waals surface area contributed by atoms with Crippen LogP contribution in [0, 0.1) is 52.3 Å². The summed E-state index contributed by atoms with van der Waals surface area (Å²) < 4.78 is 25.4. The number of aliphatic hydroxyl groups is 4. The van der Waals surface area contributed by atoms with Crippen molar-refractivity contribution in [2.24, 2.45) is 52.3 Å². The fourth-order valence-electron chi connectivity index (χ4n) is 11.7. The van der Waals surface area contributed by atoms with E-state index in [-0.39, 0.29) is 17.3 Å². The number of hydrogen-bond acceptors (Lipinski definition) is 8. The van der Waals surface area contributed by atoms with E-state index in [1.807, 2.05) is 0 Å². The molecule has 11 unspecified atom stereocenters. The van der Waals surface area contributed by atoms with Crippen LogP contribution in [0.4, 0.5) is 0 Å². The van der Waals surface area contributed by atoms with Crippen molar-refractivity contribution in [3.05, 3.63) is 0 Å². The van der Waals surface area contributed by atoms with Gasteiger partial charge < -0.3 is 39.4 Å². The summed E-state index contributed by atoms with van der Waals surface area (Å²) in [5.41, 5.74) is 0.612. The normalized spacial score (nSPS) is 60.3. The molecule has 8 heteroatoms. The van der Waals surface area contributed by atoms with Gasteiger partial charge in [-0.2, -0.15) is 0 Å². The van der Waals surface area contributed by atoms with Crippen LogP contribution in [0.5, 0.6) is 0 Å². The Morgan fingerprint density at radius 1 is 0.829 bits per heavy atom. The van der Waals surface area contributed by atoms with E-state index in [1.165, 1.54) is 38.5 Å². The molecule has 1 spiro atoms. The van der Waals surface area contributed by atoms with E-state index in [0.717, 1.165) is 50.0 Å². The third kappa shape index (κ3) is 4.36. The van der Waals surface area contributed by atoms with Gasteiger partial charge in [0.2, 0.25) is 0 Å². The summed E-state index contributed by atoms with van der Waals surface area (Å²) in [7, 11) is 0. The van der Waals surface area contributed by atoms with Gasteiger partial charge in [-0.15, -0.1) is 0 Å². The third-order valence-electron chi connectivity index (χ3n) is 14.1. The topological polar surface area (TPSA) is 118 Å². The van der Waals surface area contributed by atoms with Gasteiger partial charge in [0.05, 0.1) is 25.4 Å². The summed E-state index contributed by atoms with van der Waals surface area (Å²) in [5.74, 6) is 4.08. The van der Waals surface area contributed by atoms with Gasteiger partial charge in [0.25, 0.3) is 0 Å². The molecule has 41 heavy (non-hydrogen) atoms. The SMILES string of the molecule is C[C@H]1CC[C@@]2(OC1)OC1CC3C4CCC5C[C@@H](OC6OC(CO)C(O)C(O)C6O)CC[C@]5(C)C4CC[C@]3(C)C1[C@@H]2C. The van der Waals surface area contributed by atoms with Crippen LogP contribution < -0.4 is 0 Å². The molecule has 234 valence electrons. The van der Waals surface area contributed by atoms with Crippen molar-refractivity contribution in [3.63, 3.8) is 0 Å². The zero-order valence-corrected chi connectivity index (χ0v) is 25.5. The van der Waals surface area contributed by atoms with Crippen LogP contribution in [0.25, 0.3) is 0 Å². The highest BCUT2D eigenvalue weighted by molar-refractivity contribution is 5.15. The predicted octanol–water partition coefficient (Wildman–Crippen LogP) is 3.62. The number of hydrogen-bond donors (Lipinski definition) is 4. The van der Waals surface area contributed by atoms with Crippen LogP contribution in [0.3, 0.4) is 0 Å². The molecule has 8 nitrogen and oxygen atoms in total. The first-order chi connectivity index (χ1) is 19.5. The minimum atomic E-state index is -1.40. The quantitative estimate of drug-likeness (QED) is 0.375. The van der Waals surface area contributed by atoms with E-state index in [1.54, 1.807) is 0 Å². The standard InChI is InChI=1S/C33H54O8/c1-17-7-12-33(38-16-17)18(2)26-24(41-33)14-23-21-6-5-19-13-20(8-10-31(19,3)22(21)9-11-32(23,26)4)39-30-29(37)28(36)27(35)25(15-34)40-30/h17-30,34-37H,5-16H2,1-4H3/t17-,18-,19?,20-,21?,22?,23?,24?,25?,26?,27?,28?,29?,30?,31-,32-,33+/m0/s1. The van der Waals surface area contributed by atoms with Gasteiger partial charge in [-0.05, 0) is 104 Å². The average molecular weight is 579 g/mol. The van der Waals surface area contributed by atoms with Crippen molar-refractivity contribution in [1.29, 1.82) is 0 Å². The lowest BCUT2D eigenvalue weighted by atomic mass is 9.44. The highest BCUT2D eigenvalue weighted by Gasteiger charge is 2.69. The lowest BCUT2D eigenvalue weighted by Gasteiger charge is -2.61. The van der Waals surface area contributed by atoms with Crippen molar-refractivity contribution in [2.45, 2.75) is 141 Å². The Morgan fingerprint density at radius 2 is 1.61 bits per heavy atom. The fourth-order valence-corrected chi connectivity index (χ4v) is 11.7. The zero-order valence-electron chi connectivity index (χ0n) is 25.5. The van der Waals surface area contributed by atoms with E-state index in [0.29, 0.717) is 35.2 Å². The molecule has 0 bridgehead atoms. The van der Waals surface area contributed by atoms with Gasteiger partial charge in [0.15, 0.2) is 12.1 Å². The number of fused-ring (bicyclic) bond motifs is 7. The number of aliphatic hydroxyl groups excluding tert-OH is 4. The lowest BCUT2D eigenvalue weighted by molar-refractivity contribution is -0.316. The molecule has 0 aromatic heterocycles. The van der Waals surface area contributed by atoms with Crippen molar-refractivity contribution >= 4 is 0 Å². The number of rotatable bonds is 3. The van der Waals surface area contributed by atoms with E-state index < -0.39 is 37.3 Å². The summed E-state index contributed by atoms with van der Waals surface area (Å²) >= 11 is 0. The molecule has 3 heterocycles. The Bertz CT molecular complexity index is 967. The molecule has 3 aliphatic heterocycles. The molecular weight excluding hydrogens is 524 g/mol. The second kappa shape index (κ2) is 10.4. The molecule has 3 saturated heterocycles. The van der Waals surface area contributed by atoms with Crippen LogP contribution in [0.2, 0.25) is 0 Å². The van der Waals surface area contributed by atoms with Gasteiger partial charge in [-0.1, -0.05) is 27.7 Å². The zero-order chi connectivity index (χ0) is 28.9. The maximum Gasteiger partial charge on any atom is 0.186 e. The Kier molecular flexibility index (Phi) is 7.43. The summed E-state index contributed by atoms with van der Waals surface area (Å²) in [4.78, 5) is 0. The fraction of sp³-hybridized carbons (Fsp3) is 1.00. The molecule has 7 fully saturated rings. The van der Waals surface area contributed by atoms with Crippen LogP contribution in [-0.4, -0.2) is 82.3 Å². The third-order valence-corrected chi connectivity index (χ3v) is 14.1. The monoisotopic (exact) mass is 578 g/mol. The highest BCUT2D eigenvalue weighted by Crippen LogP contribution is 2.71. The molecule has 4 aliphatic carbocycles. The van der Waals surface area contributed by atoms with Crippen molar-refractivity contribution in [1.82, 2.24) is 0 Å². The summed E-state index contributed by atoms with van der Waals surface area (Å²) in [6, 6.07) is 0. The summed E-state index contributed by atoms with van der Waals surface area (Å²) in [6.45, 7) is 10.3. The summed E-state index contributed by atoms with van der Waals surface area (Å²) in [6.07, 6.45) is 5.64. The second-order valence-electron chi connectivity index (χ2n) is 15.9. The molecule has 7 aliphatic rings. The Hall–Kier alpha value is -0.320. The first-order valence-corrected chi connectivity index (χ1v) is 16.8. The van der Waals surface area contributed by atoms with Gasteiger partial charge in [0.1, 0.15) is 24.4 Å². The van der Waals surface area contributed by atoms with Crippen molar-refractivity contribution in [3.8, 4) is 0 Å². The largest absolute Gasteiger partial charge is 0.394 e. The molecular formula is C33H54O8. The van der Waals surface area contributed by atoms with Crippen LogP contribution in [-0.2, 0) is 18.9 Å². The van der Waals surface area contributed by atoms with Gasteiger partial charge >= 0.3 is 0 Å². The van der Waals surface area contributed by atoms with E-state index >= 15 is 0 Å². The second-order valence-corrected chi connectivity index (χ2v) is 15.9. The molecule has 0 aromatic rings. The average Bonchev–Trinajstić information content (AvgIpc) is 3.40. The molecule has 0 amide bonds. The van der Waals surface area contributed by atoms with Crippen molar-refractivity contribution < 1.29 is 39.4 Å². The van der Waals surface area contributed by atoms with Gasteiger partial charge in [-0.3, -0.25) is 0 Å². The molecule has 4 saturated carbocycles. The highest BCUT2D eigenvalue weighted by atomic mass is 16.7. The molecule has 0 radical (unpaired) electrons. The molecule has 0 aromatic carbocycles. The smallest absolute Gasteiger partial charge is 0.186 e. The molecule has 4 N–H and O–H groups in total. The van der Waals surface area contributed by atoms with Crippen molar-refractivity contribution in [2.75, 3.05) is 13.2 Å². The van der Waals surface area contributed by atoms with Gasteiger partial charge in [-0.25, -0.2) is 0 Å². The van der Waals surface area contributed by atoms with Crippen LogP contribution in [0.1, 0.15) is 91.9 Å². The van der Waals surface area contributed by atoms with E-state index in [2.05, 4.69) is 27.7 Å². The lowest BCUT2D eigenvalue weighted by Crippen LogP contribution is -2.60. The minimum Gasteiger partial charge on any atom is -0.394 e. The Labute approximate surface area is 245 Å². The Balaban J connectivity index is 1.03. The number of ether oxygens (including phenoxy) is 4. The Morgan fingerprint density at radius 3 is 2.34 bits per heavy atom. The minimum absolute atomic E-state index is 0.0607. The van der Waals surface area contributed by atoms with Gasteiger partial charge in [0, 0.05) is 12.3 Å². The molecule has 17 atom stereocenters.